The Bertz CT molecular complexity index is 926. The van der Waals surface area contributed by atoms with Gasteiger partial charge in [0.1, 0.15) is 5.75 Å². The molecule has 1 saturated heterocycles. The zero-order chi connectivity index (χ0) is 19.2. The second kappa shape index (κ2) is 8.19. The lowest BCUT2D eigenvalue weighted by molar-refractivity contribution is -0.125. The van der Waals surface area contributed by atoms with Gasteiger partial charge in [0.15, 0.2) is 0 Å². The maximum absolute atomic E-state index is 13.3. The van der Waals surface area contributed by atoms with Crippen LogP contribution >= 0.6 is 0 Å². The number of nitrogens with one attached hydrogen (secondary N) is 1. The molecule has 0 unspecified atom stereocenters. The Kier molecular flexibility index (Phi) is 5.30. The molecular formula is C22H21N3O3. The van der Waals surface area contributed by atoms with Crippen LogP contribution in [0.25, 0.3) is 0 Å². The minimum Gasteiger partial charge on any atom is -0.437 e. The SMILES string of the molecule is O=C(Nc1cccc(Oc2cnccn2)c1)C1(c2ccccc2)CCOCC1. The van der Waals surface area contributed by atoms with Gasteiger partial charge < -0.3 is 14.8 Å². The van der Waals surface area contributed by atoms with Gasteiger partial charge in [0.25, 0.3) is 0 Å². The van der Waals surface area contributed by atoms with Crippen LogP contribution in [0.2, 0.25) is 0 Å². The smallest absolute Gasteiger partial charge is 0.237 e. The number of amides is 1. The largest absolute Gasteiger partial charge is 0.437 e. The summed E-state index contributed by atoms with van der Waals surface area (Å²) >= 11 is 0. The molecule has 0 spiro atoms. The van der Waals surface area contributed by atoms with Crippen LogP contribution in [0.4, 0.5) is 5.69 Å². The molecule has 28 heavy (non-hydrogen) atoms. The summed E-state index contributed by atoms with van der Waals surface area (Å²) in [4.78, 5) is 21.4. The summed E-state index contributed by atoms with van der Waals surface area (Å²) in [5.74, 6) is 0.953. The first kappa shape index (κ1) is 18.1. The van der Waals surface area contributed by atoms with Crippen molar-refractivity contribution in [3.8, 4) is 11.6 Å². The average Bonchev–Trinajstić information content (AvgIpc) is 2.76. The minimum absolute atomic E-state index is 0.0290. The van der Waals surface area contributed by atoms with Crippen molar-refractivity contribution in [2.45, 2.75) is 18.3 Å². The number of carbonyl (C=O) groups is 1. The summed E-state index contributed by atoms with van der Waals surface area (Å²) in [6, 6.07) is 17.2. The van der Waals surface area contributed by atoms with Crippen molar-refractivity contribution in [3.63, 3.8) is 0 Å². The fourth-order valence-corrected chi connectivity index (χ4v) is 3.47. The maximum Gasteiger partial charge on any atom is 0.237 e. The summed E-state index contributed by atoms with van der Waals surface area (Å²) in [6.45, 7) is 1.14. The third kappa shape index (κ3) is 3.87. The number of hydrogen-bond donors (Lipinski definition) is 1. The Hall–Kier alpha value is -3.25. The first-order valence-corrected chi connectivity index (χ1v) is 9.25. The lowest BCUT2D eigenvalue weighted by atomic mass is 9.73. The molecule has 1 amide bonds. The van der Waals surface area contributed by atoms with Crippen molar-refractivity contribution < 1.29 is 14.3 Å². The molecule has 0 radical (unpaired) electrons. The van der Waals surface area contributed by atoms with E-state index in [2.05, 4.69) is 15.3 Å². The number of anilines is 1. The Morgan fingerprint density at radius 3 is 2.61 bits per heavy atom. The van der Waals surface area contributed by atoms with Gasteiger partial charge in [0, 0.05) is 37.4 Å². The van der Waals surface area contributed by atoms with E-state index in [9.17, 15) is 4.79 Å². The van der Waals surface area contributed by atoms with Crippen LogP contribution in [0.5, 0.6) is 11.6 Å². The summed E-state index contributed by atoms with van der Waals surface area (Å²) in [5, 5.41) is 3.07. The van der Waals surface area contributed by atoms with E-state index in [1.54, 1.807) is 18.5 Å². The van der Waals surface area contributed by atoms with Crippen LogP contribution < -0.4 is 10.1 Å². The van der Waals surface area contributed by atoms with Gasteiger partial charge in [0.05, 0.1) is 11.6 Å². The molecular weight excluding hydrogens is 354 g/mol. The highest BCUT2D eigenvalue weighted by Crippen LogP contribution is 2.36. The van der Waals surface area contributed by atoms with Gasteiger partial charge in [-0.05, 0) is 30.5 Å². The fourth-order valence-electron chi connectivity index (χ4n) is 3.47. The van der Waals surface area contributed by atoms with Gasteiger partial charge in [-0.1, -0.05) is 36.4 Å². The number of benzene rings is 2. The Balaban J connectivity index is 1.56. The quantitative estimate of drug-likeness (QED) is 0.731. The molecule has 0 bridgehead atoms. The molecule has 0 atom stereocenters. The van der Waals surface area contributed by atoms with Crippen LogP contribution in [0.15, 0.2) is 73.2 Å². The molecule has 6 nitrogen and oxygen atoms in total. The zero-order valence-electron chi connectivity index (χ0n) is 15.4. The third-order valence-corrected chi connectivity index (χ3v) is 4.96. The Morgan fingerprint density at radius 1 is 1.04 bits per heavy atom. The van der Waals surface area contributed by atoms with Gasteiger partial charge in [0.2, 0.25) is 11.8 Å². The van der Waals surface area contributed by atoms with E-state index in [0.29, 0.717) is 43.4 Å². The highest BCUT2D eigenvalue weighted by molar-refractivity contribution is 5.99. The molecule has 2 aromatic carbocycles. The fraction of sp³-hybridized carbons (Fsp3) is 0.227. The molecule has 6 heteroatoms. The van der Waals surface area contributed by atoms with E-state index < -0.39 is 5.41 Å². The lowest BCUT2D eigenvalue weighted by Crippen LogP contribution is -2.44. The van der Waals surface area contributed by atoms with Crippen molar-refractivity contribution in [2.75, 3.05) is 18.5 Å². The van der Waals surface area contributed by atoms with Crippen molar-refractivity contribution in [1.82, 2.24) is 9.97 Å². The van der Waals surface area contributed by atoms with Gasteiger partial charge in [-0.3, -0.25) is 9.78 Å². The number of ether oxygens (including phenoxy) is 2. The monoisotopic (exact) mass is 375 g/mol. The van der Waals surface area contributed by atoms with Gasteiger partial charge in [-0.2, -0.15) is 0 Å². The molecule has 142 valence electrons. The third-order valence-electron chi connectivity index (χ3n) is 4.96. The Labute approximate surface area is 163 Å². The van der Waals surface area contributed by atoms with Crippen molar-refractivity contribution in [3.05, 3.63) is 78.8 Å². The van der Waals surface area contributed by atoms with E-state index >= 15 is 0 Å². The van der Waals surface area contributed by atoms with E-state index in [1.807, 2.05) is 48.5 Å². The second-order valence-electron chi connectivity index (χ2n) is 6.69. The molecule has 2 heterocycles. The zero-order valence-corrected chi connectivity index (χ0v) is 15.4. The normalized spacial score (nSPS) is 15.6. The molecule has 4 rings (SSSR count). The molecule has 0 aliphatic carbocycles. The molecule has 1 aliphatic rings. The highest BCUT2D eigenvalue weighted by Gasteiger charge is 2.41. The van der Waals surface area contributed by atoms with E-state index in [4.69, 9.17) is 9.47 Å². The van der Waals surface area contributed by atoms with Crippen molar-refractivity contribution in [2.24, 2.45) is 0 Å². The standard InChI is InChI=1S/C22H21N3O3/c26-21(22(9-13-27-14-10-22)17-5-2-1-3-6-17)25-18-7-4-8-19(15-18)28-20-16-23-11-12-24-20/h1-8,11-12,15-16H,9-10,13-14H2,(H,25,26). The Morgan fingerprint density at radius 2 is 1.86 bits per heavy atom. The number of aromatic nitrogens is 2. The summed E-state index contributed by atoms with van der Waals surface area (Å²) in [7, 11) is 0. The maximum atomic E-state index is 13.3. The van der Waals surface area contributed by atoms with E-state index in [0.717, 1.165) is 5.56 Å². The first-order chi connectivity index (χ1) is 13.8. The molecule has 1 N–H and O–H groups in total. The number of carbonyl (C=O) groups excluding carboxylic acids is 1. The van der Waals surface area contributed by atoms with Crippen LogP contribution in [0, 0.1) is 0 Å². The highest BCUT2D eigenvalue weighted by atomic mass is 16.5. The molecule has 1 aromatic heterocycles. The molecule has 3 aromatic rings. The van der Waals surface area contributed by atoms with Crippen LogP contribution in [0.1, 0.15) is 18.4 Å². The van der Waals surface area contributed by atoms with Crippen LogP contribution in [-0.2, 0) is 14.9 Å². The van der Waals surface area contributed by atoms with Crippen molar-refractivity contribution >= 4 is 11.6 Å². The first-order valence-electron chi connectivity index (χ1n) is 9.25. The minimum atomic E-state index is -0.596. The molecule has 0 saturated carbocycles. The van der Waals surface area contributed by atoms with E-state index in [1.165, 1.54) is 6.20 Å². The van der Waals surface area contributed by atoms with E-state index in [-0.39, 0.29) is 5.91 Å². The topological polar surface area (TPSA) is 73.3 Å². The molecule has 1 fully saturated rings. The second-order valence-corrected chi connectivity index (χ2v) is 6.69. The van der Waals surface area contributed by atoms with Crippen LogP contribution in [-0.4, -0.2) is 29.1 Å². The van der Waals surface area contributed by atoms with Gasteiger partial charge in [-0.25, -0.2) is 4.98 Å². The number of rotatable bonds is 5. The predicted octanol–water partition coefficient (Wildman–Crippen LogP) is 3.96. The van der Waals surface area contributed by atoms with Crippen LogP contribution in [0.3, 0.4) is 0 Å². The average molecular weight is 375 g/mol. The lowest BCUT2D eigenvalue weighted by Gasteiger charge is -2.36. The summed E-state index contributed by atoms with van der Waals surface area (Å²) < 4.78 is 11.2. The van der Waals surface area contributed by atoms with Gasteiger partial charge >= 0.3 is 0 Å². The van der Waals surface area contributed by atoms with Gasteiger partial charge in [-0.15, -0.1) is 0 Å². The molecule has 1 aliphatic heterocycles. The predicted molar refractivity (Wildman–Crippen MR) is 105 cm³/mol. The summed E-state index contributed by atoms with van der Waals surface area (Å²) in [6.07, 6.45) is 5.99. The summed E-state index contributed by atoms with van der Waals surface area (Å²) in [5.41, 5.74) is 1.09. The van der Waals surface area contributed by atoms with Crippen molar-refractivity contribution in [1.29, 1.82) is 0 Å². The number of nitrogens with zero attached hydrogens (tertiary/aromatic N) is 2. The number of hydrogen-bond acceptors (Lipinski definition) is 5.